The number of nitrogens with two attached hydrogens (primary N) is 1. The van der Waals surface area contributed by atoms with E-state index in [0.717, 1.165) is 5.69 Å². The molecule has 3 nitrogen and oxygen atoms in total. The van der Waals surface area contributed by atoms with Crippen LogP contribution in [0.25, 0.3) is 5.69 Å². The highest BCUT2D eigenvalue weighted by molar-refractivity contribution is 5.39. The minimum Gasteiger partial charge on any atom is -0.330 e. The number of aromatic nitrogens is 2. The fourth-order valence-electron chi connectivity index (χ4n) is 2.65. The summed E-state index contributed by atoms with van der Waals surface area (Å²) < 4.78 is 2.16. The predicted molar refractivity (Wildman–Crippen MR) is 88.9 cm³/mol. The third-order valence-electron chi connectivity index (χ3n) is 4.12. The Bertz CT molecular complexity index is 573. The van der Waals surface area contributed by atoms with E-state index in [1.807, 2.05) is 12.5 Å². The van der Waals surface area contributed by atoms with Crippen LogP contribution in [0.4, 0.5) is 0 Å². The molecule has 0 amide bonds. The van der Waals surface area contributed by atoms with Gasteiger partial charge in [0.1, 0.15) is 0 Å². The Morgan fingerprint density at radius 2 is 1.76 bits per heavy atom. The van der Waals surface area contributed by atoms with Crippen molar-refractivity contribution in [2.75, 3.05) is 6.54 Å². The predicted octanol–water partition coefficient (Wildman–Crippen LogP) is 3.87. The molecule has 0 saturated heterocycles. The average molecular weight is 285 g/mol. The van der Waals surface area contributed by atoms with E-state index in [9.17, 15) is 0 Å². The van der Waals surface area contributed by atoms with Gasteiger partial charge in [-0.3, -0.25) is 0 Å². The van der Waals surface area contributed by atoms with Crippen molar-refractivity contribution in [3.63, 3.8) is 0 Å². The highest BCUT2D eigenvalue weighted by Crippen LogP contribution is 2.27. The van der Waals surface area contributed by atoms with Crippen LogP contribution in [0.1, 0.15) is 51.8 Å². The summed E-state index contributed by atoms with van der Waals surface area (Å²) in [5.74, 6) is 0.828. The zero-order chi connectivity index (χ0) is 15.6. The lowest BCUT2D eigenvalue weighted by Crippen LogP contribution is -2.20. The summed E-state index contributed by atoms with van der Waals surface area (Å²) in [5.41, 5.74) is 9.81. The van der Waals surface area contributed by atoms with Gasteiger partial charge < -0.3 is 10.3 Å². The van der Waals surface area contributed by atoms with Crippen molar-refractivity contribution >= 4 is 0 Å². The molecule has 2 N–H and O–H groups in total. The van der Waals surface area contributed by atoms with E-state index in [0.29, 0.717) is 18.4 Å². The second kappa shape index (κ2) is 6.02. The van der Waals surface area contributed by atoms with E-state index in [2.05, 4.69) is 68.4 Å². The first-order chi connectivity index (χ1) is 9.84. The number of nitrogens with zero attached hydrogens (tertiary/aromatic N) is 2. The van der Waals surface area contributed by atoms with E-state index in [-0.39, 0.29) is 5.41 Å². The van der Waals surface area contributed by atoms with Crippen LogP contribution in [0.3, 0.4) is 0 Å². The Morgan fingerprint density at radius 1 is 1.14 bits per heavy atom. The van der Waals surface area contributed by atoms with Crippen molar-refractivity contribution in [3.05, 3.63) is 48.0 Å². The maximum atomic E-state index is 5.95. The maximum Gasteiger partial charge on any atom is 0.0994 e. The summed E-state index contributed by atoms with van der Waals surface area (Å²) >= 11 is 0. The topological polar surface area (TPSA) is 43.8 Å². The third-order valence-corrected chi connectivity index (χ3v) is 4.12. The molecule has 1 aromatic carbocycles. The summed E-state index contributed by atoms with van der Waals surface area (Å²) in [5, 5.41) is 0. The van der Waals surface area contributed by atoms with Crippen LogP contribution in [-0.2, 0) is 5.41 Å². The maximum absolute atomic E-state index is 5.95. The third kappa shape index (κ3) is 3.35. The van der Waals surface area contributed by atoms with Crippen LogP contribution in [0.2, 0.25) is 0 Å². The van der Waals surface area contributed by atoms with Gasteiger partial charge in [-0.15, -0.1) is 0 Å². The second-order valence-electron chi connectivity index (χ2n) is 7.07. The molecule has 0 bridgehead atoms. The molecule has 1 unspecified atom stereocenters. The molecular formula is C18H27N3. The summed E-state index contributed by atoms with van der Waals surface area (Å²) in [6, 6.07) is 8.73. The highest BCUT2D eigenvalue weighted by atomic mass is 15.1. The second-order valence-corrected chi connectivity index (χ2v) is 7.07. The van der Waals surface area contributed by atoms with Crippen molar-refractivity contribution in [1.82, 2.24) is 9.55 Å². The van der Waals surface area contributed by atoms with E-state index in [1.54, 1.807) is 0 Å². The molecule has 21 heavy (non-hydrogen) atoms. The molecule has 114 valence electrons. The van der Waals surface area contributed by atoms with Gasteiger partial charge >= 0.3 is 0 Å². The summed E-state index contributed by atoms with van der Waals surface area (Å²) in [6.07, 6.45) is 3.82. The highest BCUT2D eigenvalue weighted by Gasteiger charge is 2.19. The zero-order valence-electron chi connectivity index (χ0n) is 13.8. The van der Waals surface area contributed by atoms with Crippen molar-refractivity contribution in [1.29, 1.82) is 0 Å². The standard InChI is InChI=1S/C18H27N3/c1-13(2)16(10-19)17-11-20-12-21(17)15-8-6-14(7-9-15)18(3,4)5/h6-9,11-13,16H,10,19H2,1-5H3. The van der Waals surface area contributed by atoms with E-state index in [4.69, 9.17) is 5.73 Å². The molecule has 3 heteroatoms. The summed E-state index contributed by atoms with van der Waals surface area (Å²) in [4.78, 5) is 4.33. The number of benzene rings is 1. The van der Waals surface area contributed by atoms with Gasteiger partial charge in [-0.1, -0.05) is 46.8 Å². The Hall–Kier alpha value is -1.61. The quantitative estimate of drug-likeness (QED) is 0.926. The molecule has 1 aromatic heterocycles. The molecule has 2 rings (SSSR count). The smallest absolute Gasteiger partial charge is 0.0994 e. The monoisotopic (exact) mass is 285 g/mol. The van der Waals surface area contributed by atoms with Crippen LogP contribution in [0.15, 0.2) is 36.8 Å². The van der Waals surface area contributed by atoms with Crippen molar-refractivity contribution in [3.8, 4) is 5.69 Å². The molecule has 0 saturated carbocycles. The fraction of sp³-hybridized carbons (Fsp3) is 0.500. The zero-order valence-corrected chi connectivity index (χ0v) is 13.8. The van der Waals surface area contributed by atoms with Crippen LogP contribution in [-0.4, -0.2) is 16.1 Å². The first-order valence-corrected chi connectivity index (χ1v) is 7.68. The molecule has 2 aromatic rings. The van der Waals surface area contributed by atoms with Crippen molar-refractivity contribution in [2.45, 2.75) is 46.0 Å². The lowest BCUT2D eigenvalue weighted by Gasteiger charge is -2.22. The molecule has 0 aliphatic rings. The van der Waals surface area contributed by atoms with Gasteiger partial charge in [0, 0.05) is 30.0 Å². The van der Waals surface area contributed by atoms with Crippen LogP contribution in [0, 0.1) is 5.92 Å². The minimum atomic E-state index is 0.175. The van der Waals surface area contributed by atoms with Crippen LogP contribution >= 0.6 is 0 Å². The fourth-order valence-corrected chi connectivity index (χ4v) is 2.65. The molecule has 1 heterocycles. The van der Waals surface area contributed by atoms with Crippen LogP contribution in [0.5, 0.6) is 0 Å². The first kappa shape index (κ1) is 15.8. The van der Waals surface area contributed by atoms with E-state index in [1.165, 1.54) is 11.3 Å². The molecule has 0 fully saturated rings. The van der Waals surface area contributed by atoms with Gasteiger partial charge in [-0.05, 0) is 29.0 Å². The molecule has 0 radical (unpaired) electrons. The van der Waals surface area contributed by atoms with Gasteiger partial charge in [-0.25, -0.2) is 4.98 Å². The van der Waals surface area contributed by atoms with Gasteiger partial charge in [0.25, 0.3) is 0 Å². The molecule has 0 aliphatic heterocycles. The number of hydrogen-bond donors (Lipinski definition) is 1. The molecule has 0 aliphatic carbocycles. The number of rotatable bonds is 4. The van der Waals surface area contributed by atoms with Crippen molar-refractivity contribution in [2.24, 2.45) is 11.7 Å². The van der Waals surface area contributed by atoms with Gasteiger partial charge in [0.15, 0.2) is 0 Å². The van der Waals surface area contributed by atoms with Crippen molar-refractivity contribution < 1.29 is 0 Å². The van der Waals surface area contributed by atoms with Gasteiger partial charge in [0.05, 0.1) is 6.33 Å². The normalized spacial score (nSPS) is 13.7. The molecular weight excluding hydrogens is 258 g/mol. The minimum absolute atomic E-state index is 0.175. The van der Waals surface area contributed by atoms with Crippen LogP contribution < -0.4 is 5.73 Å². The summed E-state index contributed by atoms with van der Waals surface area (Å²) in [6.45, 7) is 11.7. The average Bonchev–Trinajstić information content (AvgIpc) is 2.87. The van der Waals surface area contributed by atoms with Gasteiger partial charge in [-0.2, -0.15) is 0 Å². The van der Waals surface area contributed by atoms with E-state index < -0.39 is 0 Å². The summed E-state index contributed by atoms with van der Waals surface area (Å²) in [7, 11) is 0. The number of hydrogen-bond acceptors (Lipinski definition) is 2. The molecule has 0 spiro atoms. The largest absolute Gasteiger partial charge is 0.330 e. The SMILES string of the molecule is CC(C)C(CN)c1cncn1-c1ccc(C(C)(C)C)cc1. The van der Waals surface area contributed by atoms with E-state index >= 15 is 0 Å². The Kier molecular flexibility index (Phi) is 4.52. The Balaban J connectivity index is 2.38. The first-order valence-electron chi connectivity index (χ1n) is 7.68. The molecule has 1 atom stereocenters. The lowest BCUT2D eigenvalue weighted by atomic mass is 9.87. The van der Waals surface area contributed by atoms with Gasteiger partial charge in [0.2, 0.25) is 0 Å². The number of imidazole rings is 1. The Labute approximate surface area is 128 Å². The lowest BCUT2D eigenvalue weighted by molar-refractivity contribution is 0.490. The Morgan fingerprint density at radius 3 is 2.24 bits per heavy atom.